The number of anilines is 3. The van der Waals surface area contributed by atoms with Crippen LogP contribution in [0.4, 0.5) is 17.6 Å². The Hall–Kier alpha value is -7.37. The van der Waals surface area contributed by atoms with Gasteiger partial charge in [-0.2, -0.15) is 0 Å². The monoisotopic (exact) mass is 751 g/mol. The largest absolute Gasteiger partial charge is 0.368 e. The van der Waals surface area contributed by atoms with Crippen LogP contribution in [0.15, 0.2) is 158 Å². The number of nitrogens with one attached hydrogen (secondary N) is 2. The molecule has 0 aliphatic heterocycles. The van der Waals surface area contributed by atoms with Gasteiger partial charge in [0, 0.05) is 24.8 Å². The molecule has 9 rings (SSSR count). The number of rotatable bonds is 9. The fraction of sp³-hybridized carbons (Fsp3) is 0.0455. The van der Waals surface area contributed by atoms with Crippen LogP contribution in [0.3, 0.4) is 0 Å². The van der Waals surface area contributed by atoms with E-state index in [4.69, 9.17) is 27.3 Å². The number of benzene rings is 4. The molecule has 0 aliphatic rings. The Bertz CT molecular complexity index is 2700. The van der Waals surface area contributed by atoms with Crippen molar-refractivity contribution in [3.05, 3.63) is 175 Å². The van der Waals surface area contributed by atoms with Crippen LogP contribution in [0.2, 0.25) is 5.28 Å². The highest BCUT2D eigenvalue weighted by molar-refractivity contribution is 6.29. The highest BCUT2D eigenvalue weighted by atomic mass is 35.5. The molecule has 0 spiro atoms. The van der Waals surface area contributed by atoms with Crippen molar-refractivity contribution in [3.8, 4) is 33.6 Å². The zero-order valence-corrected chi connectivity index (χ0v) is 30.7. The van der Waals surface area contributed by atoms with Gasteiger partial charge in [-0.3, -0.25) is 9.97 Å². The molecular formula is C44H34ClN11. The molecule has 0 radical (unpaired) electrons. The van der Waals surface area contributed by atoms with Crippen LogP contribution >= 0.6 is 11.6 Å². The smallest absolute Gasteiger partial charge is 0.224 e. The van der Waals surface area contributed by atoms with Crippen LogP contribution in [0, 0.1) is 0 Å². The molecular weight excluding hydrogens is 718 g/mol. The topological polar surface area (TPSA) is 153 Å². The van der Waals surface area contributed by atoms with Crippen LogP contribution in [-0.2, 0) is 13.1 Å². The summed E-state index contributed by atoms with van der Waals surface area (Å²) >= 11 is 6.13. The number of halogens is 1. The normalized spacial score (nSPS) is 10.8. The minimum Gasteiger partial charge on any atom is -0.368 e. The second kappa shape index (κ2) is 16.8. The Morgan fingerprint density at radius 2 is 0.964 bits per heavy atom. The number of hydrogen-bond acceptors (Lipinski definition) is 11. The SMILES string of the molecule is Clc1nc(NCc2ccccn2)c2c(-c3ccccc3)cccc2n1.Nc1ncc(-c2nc(NCc3ccccn3)c3c(-c4ccccc4)cccc3n2)cn1. The number of nitrogens with zero attached hydrogens (tertiary/aromatic N) is 8. The Labute approximate surface area is 327 Å². The zero-order chi connectivity index (χ0) is 38.1. The van der Waals surface area contributed by atoms with Gasteiger partial charge in [-0.1, -0.05) is 97.1 Å². The minimum absolute atomic E-state index is 0.212. The average molecular weight is 752 g/mol. The molecule has 272 valence electrons. The molecule has 4 aromatic carbocycles. The lowest BCUT2D eigenvalue weighted by atomic mass is 10.0. The number of nitrogens with two attached hydrogens (primary N) is 1. The van der Waals surface area contributed by atoms with Crippen molar-refractivity contribution < 1.29 is 0 Å². The fourth-order valence-corrected chi connectivity index (χ4v) is 6.42. The summed E-state index contributed by atoms with van der Waals surface area (Å²) in [5.41, 5.74) is 14.2. The number of fused-ring (bicyclic) bond motifs is 2. The summed E-state index contributed by atoms with van der Waals surface area (Å²) < 4.78 is 0. The molecule has 5 heterocycles. The zero-order valence-electron chi connectivity index (χ0n) is 30.0. The second-order valence-electron chi connectivity index (χ2n) is 12.5. The van der Waals surface area contributed by atoms with Crippen LogP contribution in [0.1, 0.15) is 11.4 Å². The summed E-state index contributed by atoms with van der Waals surface area (Å²) in [6, 6.07) is 44.1. The van der Waals surface area contributed by atoms with Crippen molar-refractivity contribution in [1.29, 1.82) is 0 Å². The molecule has 5 aromatic heterocycles. The Morgan fingerprint density at radius 1 is 0.464 bits per heavy atom. The maximum Gasteiger partial charge on any atom is 0.224 e. The molecule has 9 aromatic rings. The van der Waals surface area contributed by atoms with Crippen LogP contribution in [-0.4, -0.2) is 39.9 Å². The Balaban J connectivity index is 0.000000161. The van der Waals surface area contributed by atoms with Gasteiger partial charge in [0.1, 0.15) is 11.6 Å². The summed E-state index contributed by atoms with van der Waals surface area (Å²) in [7, 11) is 0. The van der Waals surface area contributed by atoms with E-state index in [1.807, 2.05) is 97.1 Å². The number of pyridine rings is 2. The Kier molecular flexibility index (Phi) is 10.7. The van der Waals surface area contributed by atoms with E-state index in [0.717, 1.165) is 61.3 Å². The molecule has 0 aliphatic carbocycles. The van der Waals surface area contributed by atoms with Crippen molar-refractivity contribution in [2.45, 2.75) is 13.1 Å². The third-order valence-electron chi connectivity index (χ3n) is 8.85. The maximum atomic E-state index is 6.13. The van der Waals surface area contributed by atoms with Crippen LogP contribution in [0.25, 0.3) is 55.4 Å². The van der Waals surface area contributed by atoms with Gasteiger partial charge in [0.2, 0.25) is 11.2 Å². The molecule has 0 fully saturated rings. The van der Waals surface area contributed by atoms with Gasteiger partial charge in [0.25, 0.3) is 0 Å². The molecule has 0 saturated heterocycles. The third-order valence-corrected chi connectivity index (χ3v) is 9.01. The van der Waals surface area contributed by atoms with Gasteiger partial charge in [-0.25, -0.2) is 29.9 Å². The van der Waals surface area contributed by atoms with Gasteiger partial charge < -0.3 is 16.4 Å². The highest BCUT2D eigenvalue weighted by Crippen LogP contribution is 2.35. The first-order chi connectivity index (χ1) is 27.6. The van der Waals surface area contributed by atoms with E-state index in [0.29, 0.717) is 30.3 Å². The number of hydrogen-bond donors (Lipinski definition) is 3. The number of nitrogen functional groups attached to an aromatic ring is 1. The molecule has 0 atom stereocenters. The lowest BCUT2D eigenvalue weighted by Gasteiger charge is -2.14. The quantitative estimate of drug-likeness (QED) is 0.121. The third kappa shape index (κ3) is 8.23. The lowest BCUT2D eigenvalue weighted by molar-refractivity contribution is 1.03. The molecule has 56 heavy (non-hydrogen) atoms. The van der Waals surface area contributed by atoms with E-state index < -0.39 is 0 Å². The van der Waals surface area contributed by atoms with Gasteiger partial charge in [-0.15, -0.1) is 0 Å². The fourth-order valence-electron chi connectivity index (χ4n) is 6.25. The first-order valence-electron chi connectivity index (χ1n) is 17.8. The maximum absolute atomic E-state index is 6.13. The van der Waals surface area contributed by atoms with E-state index in [-0.39, 0.29) is 11.2 Å². The summed E-state index contributed by atoms with van der Waals surface area (Å²) in [6.07, 6.45) is 6.82. The highest BCUT2D eigenvalue weighted by Gasteiger charge is 2.16. The predicted octanol–water partition coefficient (Wildman–Crippen LogP) is 9.30. The van der Waals surface area contributed by atoms with E-state index in [2.05, 4.69) is 76.9 Å². The van der Waals surface area contributed by atoms with Gasteiger partial charge in [0.05, 0.1) is 51.8 Å². The van der Waals surface area contributed by atoms with Gasteiger partial charge >= 0.3 is 0 Å². The van der Waals surface area contributed by atoms with Crippen LogP contribution < -0.4 is 16.4 Å². The van der Waals surface area contributed by atoms with Gasteiger partial charge in [0.15, 0.2) is 5.82 Å². The Morgan fingerprint density at radius 3 is 1.48 bits per heavy atom. The van der Waals surface area contributed by atoms with Gasteiger partial charge in [-0.05, 0) is 70.3 Å². The molecule has 0 unspecified atom stereocenters. The summed E-state index contributed by atoms with van der Waals surface area (Å²) in [4.78, 5) is 35.3. The molecule has 4 N–H and O–H groups in total. The lowest BCUT2D eigenvalue weighted by Crippen LogP contribution is -2.06. The summed E-state index contributed by atoms with van der Waals surface area (Å²) in [6.45, 7) is 1.10. The standard InChI is InChI=1S/C24H19N7.C20H15ClN4/c25-24-28-13-17(14-29-24)22-30-20-11-6-10-19(16-7-2-1-3-8-16)21(20)23(31-22)27-15-18-9-4-5-12-26-18;21-20-24-17-11-6-10-16(14-7-2-1-3-8-14)18(17)19(25-20)23-13-15-9-4-5-12-22-15/h1-14H,15H2,(H2,25,28,29)(H,27,30,31);1-12H,13H2,(H,23,24,25). The van der Waals surface area contributed by atoms with E-state index in [1.165, 1.54) is 0 Å². The average Bonchev–Trinajstić information content (AvgIpc) is 3.26. The minimum atomic E-state index is 0.212. The molecule has 12 heteroatoms. The van der Waals surface area contributed by atoms with Crippen molar-refractivity contribution in [2.24, 2.45) is 0 Å². The first-order valence-corrected chi connectivity index (χ1v) is 18.2. The van der Waals surface area contributed by atoms with Crippen LogP contribution in [0.5, 0.6) is 0 Å². The van der Waals surface area contributed by atoms with Crippen molar-refractivity contribution >= 4 is 51.0 Å². The van der Waals surface area contributed by atoms with Crippen molar-refractivity contribution in [2.75, 3.05) is 16.4 Å². The second-order valence-corrected chi connectivity index (χ2v) is 12.9. The first kappa shape index (κ1) is 35.6. The van der Waals surface area contributed by atoms with E-state index in [9.17, 15) is 0 Å². The van der Waals surface area contributed by atoms with E-state index in [1.54, 1.807) is 24.8 Å². The molecule has 0 amide bonds. The van der Waals surface area contributed by atoms with Crippen molar-refractivity contribution in [1.82, 2.24) is 39.9 Å². The van der Waals surface area contributed by atoms with E-state index >= 15 is 0 Å². The summed E-state index contributed by atoms with van der Waals surface area (Å²) in [5.74, 6) is 2.17. The number of aromatic nitrogens is 8. The molecule has 0 saturated carbocycles. The summed E-state index contributed by atoms with van der Waals surface area (Å²) in [5, 5.41) is 8.94. The van der Waals surface area contributed by atoms with Crippen molar-refractivity contribution in [3.63, 3.8) is 0 Å². The molecule has 0 bridgehead atoms. The molecule has 11 nitrogen and oxygen atoms in total. The predicted molar refractivity (Wildman–Crippen MR) is 224 cm³/mol.